The number of halogens is 1. The minimum atomic E-state index is -2.74. The number of piperidine rings is 1. The molecule has 5 rings (SSSR count). The first kappa shape index (κ1) is 37.3. The predicted octanol–water partition coefficient (Wildman–Crippen LogP) is 4.53. The number of carboxylic acids is 3. The molecular weight excluding hydrogens is 639 g/mol. The van der Waals surface area contributed by atoms with E-state index in [2.05, 4.69) is 59.6 Å². The Morgan fingerprint density at radius 3 is 2.27 bits per heavy atom. The summed E-state index contributed by atoms with van der Waals surface area (Å²) in [5.41, 5.74) is 0.714. The number of nitrogens with one attached hydrogen (secondary N) is 2. The molecule has 13 nitrogen and oxygen atoms in total. The van der Waals surface area contributed by atoms with Gasteiger partial charge in [-0.15, -0.1) is 5.06 Å². The van der Waals surface area contributed by atoms with E-state index < -0.39 is 36.4 Å². The number of aromatic amines is 1. The van der Waals surface area contributed by atoms with Crippen molar-refractivity contribution in [1.29, 1.82) is 0 Å². The Morgan fingerprint density at radius 2 is 1.67 bits per heavy atom. The molecule has 1 atom stereocenters. The van der Waals surface area contributed by atoms with E-state index in [-0.39, 0.29) is 23.4 Å². The maximum absolute atomic E-state index is 13.8. The first-order chi connectivity index (χ1) is 23.2. The Balaban J connectivity index is 0.000000355. The molecule has 0 bridgehead atoms. The van der Waals surface area contributed by atoms with Crippen LogP contribution in [-0.2, 0) is 24.8 Å². The Labute approximate surface area is 283 Å². The molecule has 1 aliphatic heterocycles. The number of nitrogens with zero attached hydrogens (tertiary/aromatic N) is 2. The van der Waals surface area contributed by atoms with Crippen molar-refractivity contribution < 1.29 is 48.8 Å². The zero-order chi connectivity index (χ0) is 35.8. The monoisotopic (exact) mass is 684 g/mol. The van der Waals surface area contributed by atoms with Crippen LogP contribution in [-0.4, -0.2) is 98.7 Å². The number of hydrogen-bond acceptors (Lipinski definition) is 8. The van der Waals surface area contributed by atoms with Gasteiger partial charge in [0.2, 0.25) is 0 Å². The topological polar surface area (TPSA) is 193 Å². The number of hydrogen-bond donors (Lipinski definition) is 6. The highest BCUT2D eigenvalue weighted by molar-refractivity contribution is 5.88. The highest BCUT2D eigenvalue weighted by Crippen LogP contribution is 2.43. The van der Waals surface area contributed by atoms with Gasteiger partial charge in [-0.2, -0.15) is 0 Å². The summed E-state index contributed by atoms with van der Waals surface area (Å²) in [5, 5.41) is 39.5. The number of carbonyl (C=O) groups is 4. The van der Waals surface area contributed by atoms with Crippen molar-refractivity contribution in [3.63, 3.8) is 0 Å². The van der Waals surface area contributed by atoms with Gasteiger partial charge in [-0.05, 0) is 87.9 Å². The molecule has 2 aliphatic rings. The summed E-state index contributed by atoms with van der Waals surface area (Å²) in [7, 11) is 4.34. The maximum atomic E-state index is 13.8. The van der Waals surface area contributed by atoms with E-state index in [9.17, 15) is 23.6 Å². The Kier molecular flexibility index (Phi) is 12.4. The van der Waals surface area contributed by atoms with Crippen LogP contribution >= 0.6 is 0 Å². The largest absolute Gasteiger partial charge is 0.481 e. The number of aliphatic hydroxyl groups is 1. The molecule has 2 aromatic carbocycles. The van der Waals surface area contributed by atoms with Crippen LogP contribution < -0.4 is 5.32 Å². The molecule has 1 saturated heterocycles. The lowest BCUT2D eigenvalue weighted by Crippen LogP contribution is -2.46. The number of amides is 1. The smallest absolute Gasteiger partial charge is 0.426 e. The van der Waals surface area contributed by atoms with Crippen LogP contribution in [0.4, 0.5) is 9.18 Å². The normalized spacial score (nSPS) is 21.4. The van der Waals surface area contributed by atoms with Crippen molar-refractivity contribution >= 4 is 34.9 Å². The molecule has 3 aromatic rings. The molecule has 2 heterocycles. The predicted molar refractivity (Wildman–Crippen MR) is 177 cm³/mol. The van der Waals surface area contributed by atoms with Crippen molar-refractivity contribution in [1.82, 2.24) is 20.3 Å². The van der Waals surface area contributed by atoms with E-state index in [1.807, 2.05) is 6.20 Å². The van der Waals surface area contributed by atoms with Gasteiger partial charge in [0.15, 0.2) is 5.60 Å². The van der Waals surface area contributed by atoms with Crippen molar-refractivity contribution in [3.05, 3.63) is 71.7 Å². The first-order valence-electron chi connectivity index (χ1n) is 16.3. The summed E-state index contributed by atoms with van der Waals surface area (Å²) < 4.78 is 13.8. The quantitative estimate of drug-likeness (QED) is 0.166. The minimum Gasteiger partial charge on any atom is -0.481 e. The number of rotatable bonds is 11. The molecule has 266 valence electrons. The van der Waals surface area contributed by atoms with Crippen LogP contribution in [0.15, 0.2) is 54.7 Å². The lowest BCUT2D eigenvalue weighted by Gasteiger charge is -2.45. The number of hydroxylamine groups is 2. The van der Waals surface area contributed by atoms with Gasteiger partial charge in [0.05, 0.1) is 12.8 Å². The third kappa shape index (κ3) is 9.55. The molecule has 1 aliphatic carbocycles. The van der Waals surface area contributed by atoms with Crippen LogP contribution in [0.25, 0.3) is 10.9 Å². The van der Waals surface area contributed by atoms with Crippen LogP contribution in [0.2, 0.25) is 0 Å². The van der Waals surface area contributed by atoms with E-state index >= 15 is 0 Å². The maximum Gasteiger partial charge on any atom is 0.426 e. The van der Waals surface area contributed by atoms with E-state index in [0.717, 1.165) is 55.0 Å². The second kappa shape index (κ2) is 16.2. The molecule has 1 aromatic heterocycles. The molecule has 14 heteroatoms. The van der Waals surface area contributed by atoms with Gasteiger partial charge in [-0.3, -0.25) is 14.5 Å². The fourth-order valence-corrected chi connectivity index (χ4v) is 6.92. The standard InChI is InChI=1S/C29H37FN4O2.C6H8O7/c1-33(2)29(23-8-4-3-5-9-23)14-12-21(13-15-29)18-32-28(35)36-34-16-6-7-22(20-34)26-19-31-27-11-10-24(30)17-25(26)27;7-3(8)1-6(13,5(11)12)2-4(9)10/h3-5,8-11,17,19,21-22,31H,6-7,12-16,18,20H2,1-2H3,(H,32,35);13H,1-2H2,(H,7,8)(H,9,10)(H,11,12). The summed E-state index contributed by atoms with van der Waals surface area (Å²) in [5.74, 6) is -4.61. The number of aromatic nitrogens is 1. The summed E-state index contributed by atoms with van der Waals surface area (Å²) in [6.07, 6.45) is 5.49. The first-order valence-corrected chi connectivity index (χ1v) is 16.3. The van der Waals surface area contributed by atoms with Gasteiger partial charge in [-0.1, -0.05) is 30.3 Å². The fraction of sp³-hybridized carbons (Fsp3) is 0.486. The van der Waals surface area contributed by atoms with E-state index in [1.54, 1.807) is 17.2 Å². The van der Waals surface area contributed by atoms with Crippen molar-refractivity contribution in [2.75, 3.05) is 33.7 Å². The number of benzene rings is 2. The lowest BCUT2D eigenvalue weighted by atomic mass is 9.72. The highest BCUT2D eigenvalue weighted by atomic mass is 19.1. The van der Waals surface area contributed by atoms with Crippen LogP contribution in [0.3, 0.4) is 0 Å². The molecule has 0 radical (unpaired) electrons. The third-order valence-electron chi connectivity index (χ3n) is 9.63. The van der Waals surface area contributed by atoms with Crippen LogP contribution in [0.1, 0.15) is 68.4 Å². The number of fused-ring (bicyclic) bond motifs is 1. The Hall–Kier alpha value is -4.53. The second-order valence-electron chi connectivity index (χ2n) is 13.1. The second-order valence-corrected chi connectivity index (χ2v) is 13.1. The molecule has 1 amide bonds. The number of carbonyl (C=O) groups excluding carboxylic acids is 1. The van der Waals surface area contributed by atoms with Crippen LogP contribution in [0, 0.1) is 11.7 Å². The molecule has 2 fully saturated rings. The third-order valence-corrected chi connectivity index (χ3v) is 9.63. The summed E-state index contributed by atoms with van der Waals surface area (Å²) >= 11 is 0. The molecular formula is C35H45FN4O9. The van der Waals surface area contributed by atoms with Gasteiger partial charge < -0.3 is 35.6 Å². The van der Waals surface area contributed by atoms with Crippen molar-refractivity contribution in [3.8, 4) is 0 Å². The van der Waals surface area contributed by atoms with Gasteiger partial charge in [0.25, 0.3) is 0 Å². The fourth-order valence-electron chi connectivity index (χ4n) is 6.92. The zero-order valence-electron chi connectivity index (χ0n) is 27.7. The molecule has 6 N–H and O–H groups in total. The Morgan fingerprint density at radius 1 is 1.02 bits per heavy atom. The minimum absolute atomic E-state index is 0.0619. The molecule has 1 saturated carbocycles. The van der Waals surface area contributed by atoms with Crippen molar-refractivity contribution in [2.45, 2.75) is 68.4 Å². The van der Waals surface area contributed by atoms with E-state index in [1.165, 1.54) is 11.6 Å². The van der Waals surface area contributed by atoms with Gasteiger partial charge >= 0.3 is 24.0 Å². The summed E-state index contributed by atoms with van der Waals surface area (Å²) in [6, 6.07) is 15.6. The lowest BCUT2D eigenvalue weighted by molar-refractivity contribution is -0.170. The number of aliphatic carboxylic acids is 3. The average molecular weight is 685 g/mol. The van der Waals surface area contributed by atoms with Gasteiger partial charge in [-0.25, -0.2) is 14.0 Å². The Bertz CT molecular complexity index is 1590. The number of H-pyrrole nitrogens is 1. The summed E-state index contributed by atoms with van der Waals surface area (Å²) in [6.45, 7) is 1.96. The van der Waals surface area contributed by atoms with E-state index in [4.69, 9.17) is 25.3 Å². The molecule has 0 spiro atoms. The number of carboxylic acid groups (broad SMARTS) is 3. The van der Waals surface area contributed by atoms with Crippen LogP contribution in [0.5, 0.6) is 0 Å². The summed E-state index contributed by atoms with van der Waals surface area (Å²) in [4.78, 5) is 54.4. The average Bonchev–Trinajstić information content (AvgIpc) is 3.47. The van der Waals surface area contributed by atoms with Gasteiger partial charge in [0, 0.05) is 48.2 Å². The van der Waals surface area contributed by atoms with E-state index in [0.29, 0.717) is 25.6 Å². The molecule has 1 unspecified atom stereocenters. The SMILES string of the molecule is CN(C)C1(c2ccccc2)CCC(CNC(=O)ON2CCCC(c3c[nH]c4ccc(F)cc34)C2)CC1.O=C(O)CC(O)(CC(=O)O)C(=O)O. The van der Waals surface area contributed by atoms with Gasteiger partial charge in [0.1, 0.15) is 5.82 Å². The van der Waals surface area contributed by atoms with Crippen molar-refractivity contribution in [2.24, 2.45) is 5.92 Å². The molecule has 49 heavy (non-hydrogen) atoms. The highest BCUT2D eigenvalue weighted by Gasteiger charge is 2.41. The zero-order valence-corrected chi connectivity index (χ0v) is 27.7.